The van der Waals surface area contributed by atoms with Crippen molar-refractivity contribution in [2.24, 2.45) is 5.92 Å². The highest BCUT2D eigenvalue weighted by molar-refractivity contribution is 5.68. The van der Waals surface area contributed by atoms with Crippen LogP contribution in [0.25, 0.3) is 0 Å². The van der Waals surface area contributed by atoms with Crippen molar-refractivity contribution in [3.05, 3.63) is 29.8 Å². The number of para-hydroxylation sites is 1. The second kappa shape index (κ2) is 6.57. The van der Waals surface area contributed by atoms with E-state index in [1.807, 2.05) is 32.9 Å². The summed E-state index contributed by atoms with van der Waals surface area (Å²) in [6, 6.07) is 7.20. The fourth-order valence-electron chi connectivity index (χ4n) is 2.92. The van der Waals surface area contributed by atoms with Gasteiger partial charge in [-0.15, -0.1) is 0 Å². The summed E-state index contributed by atoms with van der Waals surface area (Å²) in [7, 11) is 0. The van der Waals surface area contributed by atoms with Gasteiger partial charge in [0.05, 0.1) is 0 Å². The number of amides is 1. The van der Waals surface area contributed by atoms with Gasteiger partial charge in [0, 0.05) is 25.6 Å². The lowest BCUT2D eigenvalue weighted by Crippen LogP contribution is -2.46. The zero-order valence-electron chi connectivity index (χ0n) is 13.5. The Balaban J connectivity index is 2.09. The maximum Gasteiger partial charge on any atom is 0.410 e. The monoisotopic (exact) mass is 307 g/mol. The Hall–Kier alpha value is -1.75. The molecule has 1 heterocycles. The molecule has 2 N–H and O–H groups in total. The number of aliphatic hydroxyl groups is 1. The normalized spacial score (nSPS) is 22.5. The van der Waals surface area contributed by atoms with E-state index in [2.05, 4.69) is 0 Å². The lowest BCUT2D eigenvalue weighted by molar-refractivity contribution is 0.0101. The number of rotatable bonds is 2. The summed E-state index contributed by atoms with van der Waals surface area (Å²) < 4.78 is 5.39. The van der Waals surface area contributed by atoms with E-state index in [1.165, 1.54) is 0 Å². The number of piperidine rings is 1. The Morgan fingerprint density at radius 2 is 2.05 bits per heavy atom. The smallest absolute Gasteiger partial charge is 0.410 e. The van der Waals surface area contributed by atoms with Crippen LogP contribution in [0.3, 0.4) is 0 Å². The minimum atomic E-state index is -0.527. The molecular weight excluding hydrogens is 282 g/mol. The number of ether oxygens (including phenoxy) is 1. The fourth-order valence-corrected chi connectivity index (χ4v) is 2.92. The molecule has 0 aromatic heterocycles. The van der Waals surface area contributed by atoms with Crippen molar-refractivity contribution in [2.45, 2.75) is 38.7 Å². The summed E-state index contributed by atoms with van der Waals surface area (Å²) in [6.45, 7) is 6.47. The highest BCUT2D eigenvalue weighted by Gasteiger charge is 2.34. The van der Waals surface area contributed by atoms with Gasteiger partial charge in [0.2, 0.25) is 0 Å². The van der Waals surface area contributed by atoms with Gasteiger partial charge in [-0.2, -0.15) is 0 Å². The van der Waals surface area contributed by atoms with Gasteiger partial charge in [-0.1, -0.05) is 18.2 Å². The Kier molecular flexibility index (Phi) is 4.96. The van der Waals surface area contributed by atoms with Crippen molar-refractivity contribution in [3.63, 3.8) is 0 Å². The minimum absolute atomic E-state index is 0.0295. The Labute approximate surface area is 131 Å². The van der Waals surface area contributed by atoms with Crippen LogP contribution in [0.2, 0.25) is 0 Å². The van der Waals surface area contributed by atoms with Gasteiger partial charge in [0.15, 0.2) is 0 Å². The molecule has 5 heteroatoms. The van der Waals surface area contributed by atoms with E-state index < -0.39 is 5.60 Å². The van der Waals surface area contributed by atoms with E-state index in [0.717, 1.165) is 5.56 Å². The molecule has 5 nitrogen and oxygen atoms in total. The third-order valence-corrected chi connectivity index (χ3v) is 3.96. The van der Waals surface area contributed by atoms with E-state index in [-0.39, 0.29) is 30.3 Å². The predicted octanol–water partition coefficient (Wildman–Crippen LogP) is 2.73. The quantitative estimate of drug-likeness (QED) is 0.881. The minimum Gasteiger partial charge on any atom is -0.508 e. The first-order valence-corrected chi connectivity index (χ1v) is 7.68. The fraction of sp³-hybridized carbons (Fsp3) is 0.588. The molecule has 2 atom stereocenters. The van der Waals surface area contributed by atoms with Crippen LogP contribution >= 0.6 is 0 Å². The number of aromatic hydroxyl groups is 1. The molecule has 0 saturated carbocycles. The molecule has 0 bridgehead atoms. The number of nitrogens with zero attached hydrogens (tertiary/aromatic N) is 1. The maximum atomic E-state index is 12.2. The van der Waals surface area contributed by atoms with E-state index in [4.69, 9.17) is 4.74 Å². The van der Waals surface area contributed by atoms with Gasteiger partial charge in [0.1, 0.15) is 11.4 Å². The summed E-state index contributed by atoms with van der Waals surface area (Å²) in [4.78, 5) is 13.8. The van der Waals surface area contributed by atoms with Crippen LogP contribution in [-0.4, -0.2) is 46.5 Å². The Bertz CT molecular complexity index is 524. The molecule has 0 aliphatic carbocycles. The summed E-state index contributed by atoms with van der Waals surface area (Å²) >= 11 is 0. The summed E-state index contributed by atoms with van der Waals surface area (Å²) in [5.74, 6) is 0.191. The number of hydrogen-bond acceptors (Lipinski definition) is 4. The zero-order chi connectivity index (χ0) is 16.3. The number of phenols is 1. The number of phenolic OH excluding ortho intramolecular Hbond substituents is 1. The van der Waals surface area contributed by atoms with Gasteiger partial charge in [0.25, 0.3) is 0 Å². The molecular formula is C17H25NO4. The standard InChI is InChI=1S/C17H25NO4/c1-17(2,3)22-16(21)18-9-8-13(12(10-18)11-19)14-6-4-5-7-15(14)20/h4-7,12-13,19-20H,8-11H2,1-3H3/t12-,13-/m0/s1. The molecule has 1 aromatic carbocycles. The van der Waals surface area contributed by atoms with Gasteiger partial charge < -0.3 is 19.8 Å². The van der Waals surface area contributed by atoms with E-state index in [9.17, 15) is 15.0 Å². The number of benzene rings is 1. The first-order chi connectivity index (χ1) is 10.3. The van der Waals surface area contributed by atoms with Crippen molar-refractivity contribution < 1.29 is 19.7 Å². The maximum absolute atomic E-state index is 12.2. The Morgan fingerprint density at radius 1 is 1.36 bits per heavy atom. The number of carbonyl (C=O) groups is 1. The number of likely N-dealkylation sites (tertiary alicyclic amines) is 1. The van der Waals surface area contributed by atoms with Crippen molar-refractivity contribution in [1.29, 1.82) is 0 Å². The molecule has 0 unspecified atom stereocenters. The van der Waals surface area contributed by atoms with Crippen LogP contribution in [0.1, 0.15) is 38.7 Å². The van der Waals surface area contributed by atoms with Crippen LogP contribution in [0.4, 0.5) is 4.79 Å². The number of aliphatic hydroxyl groups excluding tert-OH is 1. The van der Waals surface area contributed by atoms with E-state index >= 15 is 0 Å². The summed E-state index contributed by atoms with van der Waals surface area (Å²) in [5.41, 5.74) is 0.311. The van der Waals surface area contributed by atoms with Crippen molar-refractivity contribution in [2.75, 3.05) is 19.7 Å². The van der Waals surface area contributed by atoms with E-state index in [1.54, 1.807) is 17.0 Å². The highest BCUT2D eigenvalue weighted by atomic mass is 16.6. The largest absolute Gasteiger partial charge is 0.508 e. The Morgan fingerprint density at radius 3 is 2.64 bits per heavy atom. The number of hydrogen-bond donors (Lipinski definition) is 2. The first kappa shape index (κ1) is 16.6. The molecule has 0 radical (unpaired) electrons. The average Bonchev–Trinajstić information content (AvgIpc) is 2.45. The molecule has 1 aromatic rings. The van der Waals surface area contributed by atoms with E-state index in [0.29, 0.717) is 19.5 Å². The van der Waals surface area contributed by atoms with Crippen LogP contribution < -0.4 is 0 Å². The van der Waals surface area contributed by atoms with Crippen LogP contribution in [0.15, 0.2) is 24.3 Å². The van der Waals surface area contributed by atoms with Crippen LogP contribution in [0, 0.1) is 5.92 Å². The lowest BCUT2D eigenvalue weighted by atomic mass is 9.80. The van der Waals surface area contributed by atoms with Crippen molar-refractivity contribution >= 4 is 6.09 Å². The third kappa shape index (κ3) is 3.91. The van der Waals surface area contributed by atoms with Crippen LogP contribution in [-0.2, 0) is 4.74 Å². The average molecular weight is 307 g/mol. The SMILES string of the molecule is CC(C)(C)OC(=O)N1CC[C@H](c2ccccc2O)[C@H](CO)C1. The molecule has 22 heavy (non-hydrogen) atoms. The molecule has 1 aliphatic heterocycles. The van der Waals surface area contributed by atoms with Crippen LogP contribution in [0.5, 0.6) is 5.75 Å². The lowest BCUT2D eigenvalue weighted by Gasteiger charge is -2.38. The predicted molar refractivity (Wildman–Crippen MR) is 83.8 cm³/mol. The zero-order valence-corrected chi connectivity index (χ0v) is 13.5. The first-order valence-electron chi connectivity index (χ1n) is 7.68. The number of carbonyl (C=O) groups excluding carboxylic acids is 1. The molecule has 1 saturated heterocycles. The summed E-state index contributed by atoms with van der Waals surface area (Å²) in [5, 5.41) is 19.7. The van der Waals surface area contributed by atoms with Gasteiger partial charge >= 0.3 is 6.09 Å². The molecule has 122 valence electrons. The molecule has 2 rings (SSSR count). The summed E-state index contributed by atoms with van der Waals surface area (Å²) in [6.07, 6.45) is 0.351. The molecule has 1 fully saturated rings. The van der Waals surface area contributed by atoms with Crippen molar-refractivity contribution in [3.8, 4) is 5.75 Å². The highest BCUT2D eigenvalue weighted by Crippen LogP contribution is 2.37. The molecule has 1 aliphatic rings. The van der Waals surface area contributed by atoms with Crippen molar-refractivity contribution in [1.82, 2.24) is 4.90 Å². The third-order valence-electron chi connectivity index (χ3n) is 3.96. The second-order valence-corrected chi connectivity index (χ2v) is 6.82. The second-order valence-electron chi connectivity index (χ2n) is 6.82. The van der Waals surface area contributed by atoms with Gasteiger partial charge in [-0.25, -0.2) is 4.79 Å². The van der Waals surface area contributed by atoms with Gasteiger partial charge in [-0.05, 0) is 44.7 Å². The topological polar surface area (TPSA) is 70.0 Å². The van der Waals surface area contributed by atoms with Gasteiger partial charge in [-0.3, -0.25) is 0 Å². The molecule has 0 spiro atoms. The molecule has 1 amide bonds.